The number of rotatable bonds is 7. The molecule has 0 aromatic rings. The molecule has 0 aliphatic carbocycles. The van der Waals surface area contributed by atoms with E-state index in [4.69, 9.17) is 4.99 Å². The van der Waals surface area contributed by atoms with Crippen LogP contribution in [-0.4, -0.2) is 49.6 Å². The molecule has 1 rings (SSSR count). The third kappa shape index (κ3) is 8.02. The largest absolute Gasteiger partial charge is 0.357 e. The molecule has 2 atom stereocenters. The van der Waals surface area contributed by atoms with E-state index < -0.39 is 0 Å². The van der Waals surface area contributed by atoms with Crippen LogP contribution >= 0.6 is 0 Å². The van der Waals surface area contributed by atoms with E-state index >= 15 is 0 Å². The van der Waals surface area contributed by atoms with Crippen molar-refractivity contribution in [3.63, 3.8) is 0 Å². The standard InChI is InChI=1S/C18H38N4/c1-7-19-17(21-15(3)9-11-18(4,5)6)20-13-16-10-12-22(8-2)14-16/h15-16H,7-14H2,1-6H3,(H2,19,20,21). The summed E-state index contributed by atoms with van der Waals surface area (Å²) in [6, 6.07) is 0.466. The lowest BCUT2D eigenvalue weighted by molar-refractivity contribution is 0.343. The second-order valence-corrected chi connectivity index (χ2v) is 7.91. The van der Waals surface area contributed by atoms with E-state index in [9.17, 15) is 0 Å². The van der Waals surface area contributed by atoms with Gasteiger partial charge in [-0.3, -0.25) is 4.99 Å². The van der Waals surface area contributed by atoms with Crippen LogP contribution < -0.4 is 10.6 Å². The zero-order chi connectivity index (χ0) is 16.6. The summed E-state index contributed by atoms with van der Waals surface area (Å²) in [5.74, 6) is 1.71. The quantitative estimate of drug-likeness (QED) is 0.561. The average Bonchev–Trinajstić information content (AvgIpc) is 2.90. The second-order valence-electron chi connectivity index (χ2n) is 7.91. The van der Waals surface area contributed by atoms with Crippen LogP contribution in [0.5, 0.6) is 0 Å². The third-order valence-corrected chi connectivity index (χ3v) is 4.38. The van der Waals surface area contributed by atoms with Crippen LogP contribution in [0.3, 0.4) is 0 Å². The molecule has 0 aromatic carbocycles. The lowest BCUT2D eigenvalue weighted by Gasteiger charge is -2.23. The van der Waals surface area contributed by atoms with Crippen LogP contribution in [0.2, 0.25) is 0 Å². The van der Waals surface area contributed by atoms with Gasteiger partial charge < -0.3 is 15.5 Å². The maximum absolute atomic E-state index is 4.82. The minimum Gasteiger partial charge on any atom is -0.357 e. The smallest absolute Gasteiger partial charge is 0.191 e. The maximum atomic E-state index is 4.82. The van der Waals surface area contributed by atoms with Gasteiger partial charge in [0.2, 0.25) is 0 Å². The van der Waals surface area contributed by atoms with E-state index in [1.165, 1.54) is 38.9 Å². The predicted octanol–water partition coefficient (Wildman–Crippen LogP) is 3.10. The first-order chi connectivity index (χ1) is 10.3. The molecule has 1 fully saturated rings. The first-order valence-corrected chi connectivity index (χ1v) is 9.11. The van der Waals surface area contributed by atoms with Gasteiger partial charge in [-0.1, -0.05) is 27.7 Å². The molecule has 0 saturated carbocycles. The minimum absolute atomic E-state index is 0.402. The molecule has 22 heavy (non-hydrogen) atoms. The lowest BCUT2D eigenvalue weighted by atomic mass is 9.89. The molecular weight excluding hydrogens is 272 g/mol. The van der Waals surface area contributed by atoms with Crippen LogP contribution in [0.25, 0.3) is 0 Å². The van der Waals surface area contributed by atoms with E-state index in [1.54, 1.807) is 0 Å². The first-order valence-electron chi connectivity index (χ1n) is 9.11. The molecule has 0 bridgehead atoms. The molecule has 2 N–H and O–H groups in total. The van der Waals surface area contributed by atoms with Crippen molar-refractivity contribution >= 4 is 5.96 Å². The molecule has 1 heterocycles. The molecular formula is C18H38N4. The number of hydrogen-bond acceptors (Lipinski definition) is 2. The Hall–Kier alpha value is -0.770. The van der Waals surface area contributed by atoms with Crippen molar-refractivity contribution in [3.05, 3.63) is 0 Å². The Morgan fingerprint density at radius 3 is 2.59 bits per heavy atom. The summed E-state index contributed by atoms with van der Waals surface area (Å²) in [4.78, 5) is 7.34. The van der Waals surface area contributed by atoms with Gasteiger partial charge in [0.05, 0.1) is 0 Å². The van der Waals surface area contributed by atoms with Crippen molar-refractivity contribution in [2.45, 2.75) is 66.8 Å². The molecule has 0 spiro atoms. The minimum atomic E-state index is 0.402. The Balaban J connectivity index is 2.41. The van der Waals surface area contributed by atoms with Gasteiger partial charge in [0.1, 0.15) is 0 Å². The molecule has 0 amide bonds. The lowest BCUT2D eigenvalue weighted by Crippen LogP contribution is -2.42. The van der Waals surface area contributed by atoms with Crippen molar-refractivity contribution in [1.82, 2.24) is 15.5 Å². The Kier molecular flexibility index (Phi) is 8.23. The van der Waals surface area contributed by atoms with Crippen LogP contribution in [0.1, 0.15) is 60.8 Å². The molecule has 1 saturated heterocycles. The summed E-state index contributed by atoms with van der Waals surface area (Å²) in [5, 5.41) is 6.95. The topological polar surface area (TPSA) is 39.7 Å². The van der Waals surface area contributed by atoms with Crippen LogP contribution in [0.15, 0.2) is 4.99 Å². The van der Waals surface area contributed by atoms with Crippen molar-refractivity contribution in [3.8, 4) is 0 Å². The van der Waals surface area contributed by atoms with Gasteiger partial charge in [-0.25, -0.2) is 0 Å². The summed E-state index contributed by atoms with van der Waals surface area (Å²) < 4.78 is 0. The Morgan fingerprint density at radius 2 is 2.05 bits per heavy atom. The van der Waals surface area contributed by atoms with E-state index in [-0.39, 0.29) is 0 Å². The average molecular weight is 311 g/mol. The number of likely N-dealkylation sites (tertiary alicyclic amines) is 1. The Labute approximate surface area is 138 Å². The predicted molar refractivity (Wildman–Crippen MR) is 97.5 cm³/mol. The van der Waals surface area contributed by atoms with E-state index in [0.717, 1.165) is 25.0 Å². The van der Waals surface area contributed by atoms with E-state index in [2.05, 4.69) is 57.1 Å². The third-order valence-electron chi connectivity index (χ3n) is 4.38. The number of guanidine groups is 1. The Bertz CT molecular complexity index is 332. The van der Waals surface area contributed by atoms with Crippen LogP contribution in [0, 0.1) is 11.3 Å². The first kappa shape index (κ1) is 19.3. The second kappa shape index (κ2) is 9.39. The number of nitrogens with one attached hydrogen (secondary N) is 2. The molecule has 0 radical (unpaired) electrons. The van der Waals surface area contributed by atoms with Crippen LogP contribution in [-0.2, 0) is 0 Å². The van der Waals surface area contributed by atoms with Gasteiger partial charge in [0.25, 0.3) is 0 Å². The van der Waals surface area contributed by atoms with Gasteiger partial charge in [-0.05, 0) is 57.5 Å². The fourth-order valence-corrected chi connectivity index (χ4v) is 2.84. The molecule has 0 aromatic heterocycles. The summed E-state index contributed by atoms with van der Waals surface area (Å²) in [5.41, 5.74) is 0.402. The highest BCUT2D eigenvalue weighted by molar-refractivity contribution is 5.80. The number of hydrogen-bond donors (Lipinski definition) is 2. The normalized spacial score (nSPS) is 21.9. The van der Waals surface area contributed by atoms with Gasteiger partial charge in [0, 0.05) is 25.7 Å². The van der Waals surface area contributed by atoms with Crippen molar-refractivity contribution < 1.29 is 0 Å². The Morgan fingerprint density at radius 1 is 1.32 bits per heavy atom. The summed E-state index contributed by atoms with van der Waals surface area (Å²) in [7, 11) is 0. The fraction of sp³-hybridized carbons (Fsp3) is 0.944. The summed E-state index contributed by atoms with van der Waals surface area (Å²) in [6.45, 7) is 19.0. The molecule has 130 valence electrons. The highest BCUT2D eigenvalue weighted by Gasteiger charge is 2.21. The monoisotopic (exact) mass is 310 g/mol. The van der Waals surface area contributed by atoms with Crippen LogP contribution in [0.4, 0.5) is 0 Å². The van der Waals surface area contributed by atoms with Crippen molar-refractivity contribution in [2.75, 3.05) is 32.7 Å². The highest BCUT2D eigenvalue weighted by atomic mass is 15.2. The molecule has 4 heteroatoms. The van der Waals surface area contributed by atoms with Gasteiger partial charge >= 0.3 is 0 Å². The summed E-state index contributed by atoms with van der Waals surface area (Å²) in [6.07, 6.45) is 3.70. The van der Waals surface area contributed by atoms with Crippen molar-refractivity contribution in [2.24, 2.45) is 16.3 Å². The molecule has 1 aliphatic rings. The van der Waals surface area contributed by atoms with E-state index in [1.807, 2.05) is 0 Å². The zero-order valence-electron chi connectivity index (χ0n) is 15.7. The maximum Gasteiger partial charge on any atom is 0.191 e. The fourth-order valence-electron chi connectivity index (χ4n) is 2.84. The SMILES string of the molecule is CCNC(=NCC1CCN(CC)C1)NC(C)CCC(C)(C)C. The van der Waals surface area contributed by atoms with Crippen molar-refractivity contribution in [1.29, 1.82) is 0 Å². The molecule has 1 aliphatic heterocycles. The number of aliphatic imine (C=N–C) groups is 1. The number of nitrogens with zero attached hydrogens (tertiary/aromatic N) is 2. The van der Waals surface area contributed by atoms with Gasteiger partial charge in [0.15, 0.2) is 5.96 Å². The highest BCUT2D eigenvalue weighted by Crippen LogP contribution is 2.21. The molecule has 2 unspecified atom stereocenters. The van der Waals surface area contributed by atoms with Gasteiger partial charge in [-0.15, -0.1) is 0 Å². The molecule has 4 nitrogen and oxygen atoms in total. The van der Waals surface area contributed by atoms with E-state index in [0.29, 0.717) is 11.5 Å². The van der Waals surface area contributed by atoms with Gasteiger partial charge in [-0.2, -0.15) is 0 Å². The summed E-state index contributed by atoms with van der Waals surface area (Å²) >= 11 is 0. The zero-order valence-corrected chi connectivity index (χ0v) is 15.7.